The number of quaternary nitrogens is 1. The van der Waals surface area contributed by atoms with Gasteiger partial charge in [-0.3, -0.25) is 8.67 Å². The lowest BCUT2D eigenvalue weighted by atomic mass is 10.0. The Balaban J connectivity index is 0. The maximum Gasteiger partial charge on any atom is 0.219 e. The molecule has 0 rings (SSSR count). The molecule has 3 atom stereocenters. The minimum atomic E-state index is -4.41. The van der Waals surface area contributed by atoms with Gasteiger partial charge in [0.1, 0.15) is 19.2 Å². The molecule has 0 aromatic heterocycles. The van der Waals surface area contributed by atoms with Gasteiger partial charge < -0.3 is 24.6 Å². The van der Waals surface area contributed by atoms with Crippen LogP contribution in [0.25, 0.3) is 0 Å². The van der Waals surface area contributed by atoms with Crippen LogP contribution in [0, 0.1) is 0 Å². The van der Waals surface area contributed by atoms with E-state index in [4.69, 9.17) is 4.74 Å². The normalized spacial score (nSPS) is 15.1. The fourth-order valence-electron chi connectivity index (χ4n) is 3.50. The summed E-state index contributed by atoms with van der Waals surface area (Å²) in [5.74, 6) is 0. The van der Waals surface area contributed by atoms with Crippen molar-refractivity contribution >= 4 is 10.4 Å². The lowest BCUT2D eigenvalue weighted by Gasteiger charge is -2.43. The van der Waals surface area contributed by atoms with Crippen LogP contribution in [0.5, 0.6) is 0 Å². The highest BCUT2D eigenvalue weighted by molar-refractivity contribution is 7.80. The highest BCUT2D eigenvalue weighted by Gasteiger charge is 2.38. The van der Waals surface area contributed by atoms with E-state index in [0.717, 1.165) is 26.4 Å². The molecule has 0 radical (unpaired) electrons. The van der Waals surface area contributed by atoms with E-state index in [1.807, 2.05) is 7.05 Å². The highest BCUT2D eigenvalue weighted by atomic mass is 32.3. The summed E-state index contributed by atoms with van der Waals surface area (Å²) in [6, 6.07) is 0. The smallest absolute Gasteiger partial charge is 0.219 e. The molecule has 31 heavy (non-hydrogen) atoms. The number of aliphatic hydroxyl groups excluding tert-OH is 3. The molecule has 0 saturated heterocycles. The van der Waals surface area contributed by atoms with Crippen molar-refractivity contribution in [3.63, 3.8) is 0 Å². The first-order chi connectivity index (χ1) is 14.5. The molecule has 0 heterocycles. The van der Waals surface area contributed by atoms with E-state index in [1.54, 1.807) is 6.92 Å². The molecule has 9 nitrogen and oxygen atoms in total. The summed E-state index contributed by atoms with van der Waals surface area (Å²) in [5.41, 5.74) is 0. The van der Waals surface area contributed by atoms with Crippen LogP contribution in [0.15, 0.2) is 0 Å². The Morgan fingerprint density at radius 1 is 0.968 bits per heavy atom. The summed E-state index contributed by atoms with van der Waals surface area (Å²) in [5, 5.41) is 29.0. The second kappa shape index (κ2) is 19.2. The zero-order valence-electron chi connectivity index (χ0n) is 20.2. The minimum Gasteiger partial charge on any atom is -0.726 e. The van der Waals surface area contributed by atoms with Gasteiger partial charge in [-0.2, -0.15) is 0 Å². The summed E-state index contributed by atoms with van der Waals surface area (Å²) in [6.07, 6.45) is 9.93. The van der Waals surface area contributed by atoms with Crippen LogP contribution in [0.4, 0.5) is 0 Å². The third-order valence-corrected chi connectivity index (χ3v) is 5.78. The van der Waals surface area contributed by atoms with E-state index in [0.29, 0.717) is 17.6 Å². The van der Waals surface area contributed by atoms with Gasteiger partial charge >= 0.3 is 0 Å². The Bertz CT molecular complexity index is 496. The van der Waals surface area contributed by atoms with Crippen molar-refractivity contribution < 1.29 is 41.7 Å². The SMILES string of the molecule is CCCCCCCCCC(CC)OC(C(C)O)[N+](C)(CCO)CCO.COS(=O)(=O)[O-]. The lowest BCUT2D eigenvalue weighted by molar-refractivity contribution is -0.959. The molecule has 0 aliphatic carbocycles. The fourth-order valence-corrected chi connectivity index (χ4v) is 3.50. The third kappa shape index (κ3) is 17.9. The molecular formula is C21H47NO8S. The predicted octanol–water partition coefficient (Wildman–Crippen LogP) is 2.15. The van der Waals surface area contributed by atoms with Gasteiger partial charge in [0.2, 0.25) is 16.6 Å². The number of hydrogen-bond acceptors (Lipinski definition) is 8. The monoisotopic (exact) mass is 473 g/mol. The third-order valence-electron chi connectivity index (χ3n) is 5.37. The van der Waals surface area contributed by atoms with E-state index < -0.39 is 22.7 Å². The number of rotatable bonds is 18. The molecule has 0 aromatic carbocycles. The van der Waals surface area contributed by atoms with Crippen LogP contribution in [-0.4, -0.2) is 91.7 Å². The summed E-state index contributed by atoms with van der Waals surface area (Å²) >= 11 is 0. The van der Waals surface area contributed by atoms with Crippen LogP contribution in [0.3, 0.4) is 0 Å². The summed E-state index contributed by atoms with van der Waals surface area (Å²) in [4.78, 5) is 0. The topological polar surface area (TPSA) is 136 Å². The van der Waals surface area contributed by atoms with Gasteiger partial charge in [-0.1, -0.05) is 58.8 Å². The molecule has 0 amide bonds. The number of nitrogens with zero attached hydrogens (tertiary/aromatic N) is 1. The van der Waals surface area contributed by atoms with Crippen LogP contribution < -0.4 is 0 Å². The maximum atomic E-state index is 10.2. The molecule has 3 unspecified atom stereocenters. The van der Waals surface area contributed by atoms with Gasteiger partial charge in [0.15, 0.2) is 0 Å². The van der Waals surface area contributed by atoms with Crippen molar-refractivity contribution in [2.24, 2.45) is 0 Å². The Morgan fingerprint density at radius 2 is 1.42 bits per heavy atom. The van der Waals surface area contributed by atoms with Gasteiger partial charge in [-0.15, -0.1) is 0 Å². The Hall–Kier alpha value is -0.330. The first-order valence-electron chi connectivity index (χ1n) is 11.4. The van der Waals surface area contributed by atoms with Gasteiger partial charge in [0, 0.05) is 0 Å². The first kappa shape index (κ1) is 32.8. The lowest BCUT2D eigenvalue weighted by Crippen LogP contribution is -2.61. The second-order valence-electron chi connectivity index (χ2n) is 8.16. The van der Waals surface area contributed by atoms with Gasteiger partial charge in [0.25, 0.3) is 0 Å². The van der Waals surface area contributed by atoms with Gasteiger partial charge in [-0.25, -0.2) is 8.42 Å². The number of likely N-dealkylation sites (N-methyl/N-ethyl adjacent to an activating group) is 1. The van der Waals surface area contributed by atoms with Crippen LogP contribution in [0.2, 0.25) is 0 Å². The molecule has 190 valence electrons. The average Bonchev–Trinajstić information content (AvgIpc) is 2.69. The van der Waals surface area contributed by atoms with Crippen LogP contribution in [-0.2, 0) is 19.3 Å². The van der Waals surface area contributed by atoms with E-state index in [9.17, 15) is 28.3 Å². The molecule has 0 bridgehead atoms. The number of aliphatic hydroxyl groups is 3. The Morgan fingerprint density at radius 3 is 1.77 bits per heavy atom. The number of ether oxygens (including phenoxy) is 1. The maximum absolute atomic E-state index is 10.2. The molecule has 0 aromatic rings. The van der Waals surface area contributed by atoms with E-state index in [2.05, 4.69) is 18.0 Å². The molecule has 0 fully saturated rings. The number of hydrogen-bond donors (Lipinski definition) is 3. The molecule has 10 heteroatoms. The predicted molar refractivity (Wildman–Crippen MR) is 120 cm³/mol. The zero-order valence-corrected chi connectivity index (χ0v) is 21.0. The standard InChI is InChI=1S/C20H44NO4.CH4O4S/c1-5-7-8-9-10-11-12-13-19(6-2)25-20(18(3)24)21(4,14-16-22)15-17-23;1-5-6(2,3)4/h18-20,22-24H,5-17H2,1-4H3;1H3,(H,2,3,4)/q+1;/p-1. The zero-order chi connectivity index (χ0) is 24.3. The second-order valence-corrected chi connectivity index (χ2v) is 9.31. The van der Waals surface area contributed by atoms with Crippen molar-refractivity contribution in [2.45, 2.75) is 97.0 Å². The minimum absolute atomic E-state index is 0.0115. The molecule has 0 saturated carbocycles. The van der Waals surface area contributed by atoms with Gasteiger partial charge in [0.05, 0.1) is 33.5 Å². The summed E-state index contributed by atoms with van der Waals surface area (Å²) < 4.78 is 37.6. The van der Waals surface area contributed by atoms with Crippen molar-refractivity contribution in [1.29, 1.82) is 0 Å². The summed E-state index contributed by atoms with van der Waals surface area (Å²) in [6.45, 7) is 7.04. The van der Waals surface area contributed by atoms with E-state index in [1.165, 1.54) is 38.5 Å². The fraction of sp³-hybridized carbons (Fsp3) is 1.00. The van der Waals surface area contributed by atoms with Crippen molar-refractivity contribution in [3.8, 4) is 0 Å². The largest absolute Gasteiger partial charge is 0.726 e. The first-order valence-corrected chi connectivity index (χ1v) is 12.7. The molecule has 0 aliphatic rings. The molecule has 3 N–H and O–H groups in total. The highest BCUT2D eigenvalue weighted by Crippen LogP contribution is 2.21. The Kier molecular flexibility index (Phi) is 20.3. The van der Waals surface area contributed by atoms with Crippen molar-refractivity contribution in [3.05, 3.63) is 0 Å². The number of unbranched alkanes of at least 4 members (excludes halogenated alkanes) is 6. The summed E-state index contributed by atoms with van der Waals surface area (Å²) in [7, 11) is -1.67. The van der Waals surface area contributed by atoms with Crippen molar-refractivity contribution in [1.82, 2.24) is 0 Å². The molecule has 0 spiro atoms. The van der Waals surface area contributed by atoms with E-state index in [-0.39, 0.29) is 19.3 Å². The van der Waals surface area contributed by atoms with Crippen molar-refractivity contribution in [2.75, 3.05) is 40.5 Å². The molecule has 0 aliphatic heterocycles. The Labute approximate surface area is 189 Å². The molecular weight excluding hydrogens is 426 g/mol. The van der Waals surface area contributed by atoms with Crippen LogP contribution >= 0.6 is 0 Å². The quantitative estimate of drug-likeness (QED) is 0.0905. The average molecular weight is 474 g/mol. The van der Waals surface area contributed by atoms with E-state index >= 15 is 0 Å². The van der Waals surface area contributed by atoms with Gasteiger partial charge in [-0.05, 0) is 19.8 Å². The van der Waals surface area contributed by atoms with Crippen LogP contribution in [0.1, 0.15) is 78.6 Å².